The number of carbonyl (C=O) groups excluding carboxylic acids is 1. The minimum atomic E-state index is -0.528. The van der Waals surface area contributed by atoms with Gasteiger partial charge in [0.25, 0.3) is 0 Å². The van der Waals surface area contributed by atoms with Crippen molar-refractivity contribution in [2.24, 2.45) is 0 Å². The van der Waals surface area contributed by atoms with Crippen molar-refractivity contribution >= 4 is 34.1 Å². The molecular weight excluding hydrogens is 503 g/mol. The van der Waals surface area contributed by atoms with Crippen LogP contribution in [-0.2, 0) is 4.55 Å². The maximum absolute atomic E-state index is 13.4. The van der Waals surface area contributed by atoms with E-state index in [0.29, 0.717) is 36.6 Å². The Morgan fingerprint density at radius 1 is 1.17 bits per heavy atom. The summed E-state index contributed by atoms with van der Waals surface area (Å²) in [7, 11) is 0. The van der Waals surface area contributed by atoms with Crippen molar-refractivity contribution in [2.75, 3.05) is 11.4 Å². The molecule has 3 aromatic rings. The van der Waals surface area contributed by atoms with Crippen LogP contribution in [0.5, 0.6) is 5.75 Å². The normalized spacial score (nSPS) is 11.3. The number of amides is 1. The molecule has 1 heterocycles. The van der Waals surface area contributed by atoms with Gasteiger partial charge in [-0.25, -0.2) is 0 Å². The molecule has 0 saturated carbocycles. The number of anilines is 1. The Hall–Kier alpha value is -2.06. The number of aromatic nitrogens is 1. The second-order valence-corrected chi connectivity index (χ2v) is 11.2. The van der Waals surface area contributed by atoms with E-state index in [1.165, 1.54) is 4.90 Å². The topological polar surface area (TPSA) is 62.5 Å². The van der Waals surface area contributed by atoms with E-state index < -0.39 is 11.5 Å². The number of aromatic hydroxyl groups is 1. The van der Waals surface area contributed by atoms with E-state index in [1.54, 1.807) is 34.9 Å². The number of rotatable bonds is 6. The molecular formula is C22H23ClIN2O3-. The zero-order valence-corrected chi connectivity index (χ0v) is 19.4. The predicted octanol–water partition coefficient (Wildman–Crippen LogP) is 1.48. The van der Waals surface area contributed by atoms with Crippen LogP contribution >= 0.6 is 11.6 Å². The van der Waals surface area contributed by atoms with Crippen LogP contribution in [0.25, 0.3) is 10.9 Å². The number of hydrogen-bond acceptors (Lipinski definition) is 3. The fraction of sp³-hybridized carbons (Fsp3) is 0.273. The molecule has 154 valence electrons. The molecule has 0 radical (unpaired) electrons. The standard InChI is InChI=1S/C22H23ClIN2O3/c1-4-25(15-9-6-5-7-10-15)21(28)19-20(27)18-16(23)11-8-12-17(18)26(22(19)29)13-24-14(2)3/h5-12,14,27H,4,13H2,1-3H3/q-1. The van der Waals surface area contributed by atoms with Gasteiger partial charge in [-0.1, -0.05) is 0 Å². The third kappa shape index (κ3) is 4.28. The first-order valence-corrected chi connectivity index (χ1v) is 12.5. The molecule has 1 aromatic heterocycles. The first kappa shape index (κ1) is 21.6. The summed E-state index contributed by atoms with van der Waals surface area (Å²) in [5.74, 6) is -0.881. The van der Waals surface area contributed by atoms with Gasteiger partial charge < -0.3 is 0 Å². The number of para-hydroxylation sites is 1. The summed E-state index contributed by atoms with van der Waals surface area (Å²) < 4.78 is 2.63. The van der Waals surface area contributed by atoms with Crippen LogP contribution in [0, 0.1) is 0 Å². The Morgan fingerprint density at radius 3 is 2.48 bits per heavy atom. The van der Waals surface area contributed by atoms with E-state index in [9.17, 15) is 14.7 Å². The van der Waals surface area contributed by atoms with Gasteiger partial charge in [0.2, 0.25) is 0 Å². The second-order valence-electron chi connectivity index (χ2n) is 6.76. The molecule has 29 heavy (non-hydrogen) atoms. The van der Waals surface area contributed by atoms with Gasteiger partial charge in [-0.15, -0.1) is 0 Å². The molecule has 5 nitrogen and oxygen atoms in total. The van der Waals surface area contributed by atoms with Crippen molar-refractivity contribution in [1.29, 1.82) is 0 Å². The summed E-state index contributed by atoms with van der Waals surface area (Å²) in [6, 6.07) is 14.3. The molecule has 0 aliphatic carbocycles. The fourth-order valence-corrected chi connectivity index (χ4v) is 5.27. The van der Waals surface area contributed by atoms with Gasteiger partial charge in [0.15, 0.2) is 0 Å². The van der Waals surface area contributed by atoms with Gasteiger partial charge in [0.1, 0.15) is 0 Å². The van der Waals surface area contributed by atoms with E-state index in [4.69, 9.17) is 11.6 Å². The molecule has 1 N–H and O–H groups in total. The van der Waals surface area contributed by atoms with E-state index in [1.807, 2.05) is 25.1 Å². The van der Waals surface area contributed by atoms with Crippen LogP contribution in [0.1, 0.15) is 31.1 Å². The molecule has 1 amide bonds. The molecule has 2 aromatic carbocycles. The third-order valence-electron chi connectivity index (χ3n) is 4.56. The SMILES string of the molecule is CCN(C(=O)c1c(O)c2c(Cl)cccc2n(C[I-]C(C)C)c1=O)c1ccccc1. The van der Waals surface area contributed by atoms with Crippen molar-refractivity contribution < 1.29 is 31.1 Å². The first-order valence-electron chi connectivity index (χ1n) is 9.35. The average Bonchev–Trinajstić information content (AvgIpc) is 2.69. The molecule has 0 unspecified atom stereocenters. The molecule has 0 bridgehead atoms. The molecule has 7 heteroatoms. The summed E-state index contributed by atoms with van der Waals surface area (Å²) in [5.41, 5.74) is 0.514. The molecule has 0 aliphatic heterocycles. The van der Waals surface area contributed by atoms with Crippen LogP contribution in [0.2, 0.25) is 5.02 Å². The van der Waals surface area contributed by atoms with Gasteiger partial charge in [0, 0.05) is 0 Å². The van der Waals surface area contributed by atoms with Gasteiger partial charge in [-0.3, -0.25) is 0 Å². The fourth-order valence-electron chi connectivity index (χ4n) is 3.15. The summed E-state index contributed by atoms with van der Waals surface area (Å²) in [5, 5.41) is 11.6. The van der Waals surface area contributed by atoms with Crippen molar-refractivity contribution in [3.63, 3.8) is 0 Å². The third-order valence-corrected chi connectivity index (χ3v) is 7.71. The van der Waals surface area contributed by atoms with E-state index >= 15 is 0 Å². The summed E-state index contributed by atoms with van der Waals surface area (Å²) in [4.78, 5) is 28.2. The van der Waals surface area contributed by atoms with Crippen LogP contribution in [0.15, 0.2) is 53.3 Å². The number of pyridine rings is 1. The Kier molecular flexibility index (Phi) is 6.85. The first-order chi connectivity index (χ1) is 13.9. The predicted molar refractivity (Wildman–Crippen MR) is 114 cm³/mol. The number of carbonyl (C=O) groups is 1. The van der Waals surface area contributed by atoms with Gasteiger partial charge in [-0.2, -0.15) is 0 Å². The Morgan fingerprint density at radius 2 is 1.86 bits per heavy atom. The number of nitrogens with zero attached hydrogens (tertiary/aromatic N) is 2. The molecule has 0 saturated heterocycles. The zero-order chi connectivity index (χ0) is 21.1. The average molecular weight is 526 g/mol. The zero-order valence-electron chi connectivity index (χ0n) is 16.5. The van der Waals surface area contributed by atoms with Crippen molar-refractivity contribution in [3.8, 4) is 5.75 Å². The number of halogens is 2. The van der Waals surface area contributed by atoms with E-state index in [-0.39, 0.29) is 32.5 Å². The quantitative estimate of drug-likeness (QED) is 0.392. The Bertz CT molecular complexity index is 1100. The van der Waals surface area contributed by atoms with Crippen molar-refractivity contribution in [1.82, 2.24) is 4.57 Å². The number of fused-ring (bicyclic) bond motifs is 1. The van der Waals surface area contributed by atoms with Gasteiger partial charge >= 0.3 is 186 Å². The summed E-state index contributed by atoms with van der Waals surface area (Å²) >= 11 is 6.06. The molecule has 0 fully saturated rings. The molecule has 0 spiro atoms. The summed E-state index contributed by atoms with van der Waals surface area (Å²) in [6.45, 7) is 6.43. The van der Waals surface area contributed by atoms with Crippen LogP contribution in [0.4, 0.5) is 5.69 Å². The number of benzene rings is 2. The molecule has 3 rings (SSSR count). The molecule has 0 aliphatic rings. The van der Waals surface area contributed by atoms with E-state index in [0.717, 1.165) is 0 Å². The van der Waals surface area contributed by atoms with Crippen molar-refractivity contribution in [2.45, 2.75) is 29.2 Å². The van der Waals surface area contributed by atoms with Gasteiger partial charge in [0.05, 0.1) is 0 Å². The minimum absolute atomic E-state index is 0.232. The Balaban J connectivity index is 2.25. The van der Waals surface area contributed by atoms with Crippen LogP contribution < -0.4 is 31.7 Å². The van der Waals surface area contributed by atoms with Crippen LogP contribution in [0.3, 0.4) is 0 Å². The monoisotopic (exact) mass is 525 g/mol. The molecule has 0 atom stereocenters. The maximum atomic E-state index is 13.4. The second kappa shape index (κ2) is 9.17. The van der Waals surface area contributed by atoms with Crippen LogP contribution in [-0.4, -0.2) is 26.1 Å². The van der Waals surface area contributed by atoms with Gasteiger partial charge in [-0.05, 0) is 0 Å². The van der Waals surface area contributed by atoms with Crippen molar-refractivity contribution in [3.05, 3.63) is 69.5 Å². The Labute approximate surface area is 185 Å². The summed E-state index contributed by atoms with van der Waals surface area (Å²) in [6.07, 6.45) is 0. The number of hydrogen-bond donors (Lipinski definition) is 1. The number of alkyl halides is 2. The van der Waals surface area contributed by atoms with E-state index in [2.05, 4.69) is 13.8 Å².